The lowest BCUT2D eigenvalue weighted by atomic mass is 10.1. The fourth-order valence-electron chi connectivity index (χ4n) is 3.44. The molecule has 0 unspecified atom stereocenters. The van der Waals surface area contributed by atoms with Crippen molar-refractivity contribution in [1.29, 1.82) is 0 Å². The Morgan fingerprint density at radius 1 is 1.13 bits per heavy atom. The topological polar surface area (TPSA) is 68.9 Å². The molecule has 30 heavy (non-hydrogen) atoms. The molecule has 0 aliphatic carbocycles. The number of hydrogen-bond acceptors (Lipinski definition) is 5. The van der Waals surface area contributed by atoms with Crippen molar-refractivity contribution in [2.75, 3.05) is 53.4 Å². The SMILES string of the molecule is CN=C(NCCCN1CCCN(C)CC1)NCc1coc(-c2ccc(C)cc2)n1.I. The molecule has 2 heterocycles. The summed E-state index contributed by atoms with van der Waals surface area (Å²) < 4.78 is 5.62. The molecule has 0 saturated carbocycles. The molecule has 7 nitrogen and oxygen atoms in total. The van der Waals surface area contributed by atoms with Crippen LogP contribution in [-0.2, 0) is 6.54 Å². The van der Waals surface area contributed by atoms with Gasteiger partial charge in [-0.3, -0.25) is 4.99 Å². The first-order valence-corrected chi connectivity index (χ1v) is 10.5. The van der Waals surface area contributed by atoms with Gasteiger partial charge in [0.1, 0.15) is 6.26 Å². The van der Waals surface area contributed by atoms with Gasteiger partial charge in [-0.2, -0.15) is 0 Å². The molecule has 1 aromatic heterocycles. The predicted octanol–water partition coefficient (Wildman–Crippen LogP) is 2.96. The molecule has 0 radical (unpaired) electrons. The molecule has 0 amide bonds. The summed E-state index contributed by atoms with van der Waals surface area (Å²) in [4.78, 5) is 13.8. The highest BCUT2D eigenvalue weighted by atomic mass is 127. The van der Waals surface area contributed by atoms with Crippen LogP contribution in [0.15, 0.2) is 39.9 Å². The molecule has 1 aliphatic rings. The quantitative estimate of drug-likeness (QED) is 0.250. The second-order valence-electron chi connectivity index (χ2n) is 7.71. The lowest BCUT2D eigenvalue weighted by Gasteiger charge is -2.20. The largest absolute Gasteiger partial charge is 0.444 e. The molecule has 2 N–H and O–H groups in total. The van der Waals surface area contributed by atoms with E-state index >= 15 is 0 Å². The van der Waals surface area contributed by atoms with Gasteiger partial charge in [0.15, 0.2) is 5.96 Å². The molecular formula is C22H35IN6O. The van der Waals surface area contributed by atoms with E-state index < -0.39 is 0 Å². The number of aliphatic imine (C=N–C) groups is 1. The van der Waals surface area contributed by atoms with Gasteiger partial charge < -0.3 is 24.9 Å². The molecule has 1 aromatic carbocycles. The van der Waals surface area contributed by atoms with Crippen LogP contribution in [0.3, 0.4) is 0 Å². The zero-order valence-corrected chi connectivity index (χ0v) is 20.7. The van der Waals surface area contributed by atoms with Gasteiger partial charge in [0.2, 0.25) is 5.89 Å². The average molecular weight is 526 g/mol. The van der Waals surface area contributed by atoms with Gasteiger partial charge >= 0.3 is 0 Å². The number of nitrogens with one attached hydrogen (secondary N) is 2. The van der Waals surface area contributed by atoms with Gasteiger partial charge in [0.05, 0.1) is 12.2 Å². The third-order valence-electron chi connectivity index (χ3n) is 5.27. The van der Waals surface area contributed by atoms with Gasteiger partial charge in [-0.1, -0.05) is 17.7 Å². The van der Waals surface area contributed by atoms with E-state index in [4.69, 9.17) is 4.42 Å². The van der Waals surface area contributed by atoms with Gasteiger partial charge in [-0.25, -0.2) is 4.98 Å². The Hall–Kier alpha value is -1.65. The van der Waals surface area contributed by atoms with Crippen molar-refractivity contribution in [2.24, 2.45) is 4.99 Å². The minimum absolute atomic E-state index is 0. The van der Waals surface area contributed by atoms with Crippen molar-refractivity contribution in [3.8, 4) is 11.5 Å². The van der Waals surface area contributed by atoms with Crippen molar-refractivity contribution in [3.05, 3.63) is 41.8 Å². The standard InChI is InChI=1S/C22H34N6O.HI/c1-18-6-8-19(9-7-18)21-26-20(17-29-21)16-25-22(23-2)24-10-4-12-28-13-5-11-27(3)14-15-28;/h6-9,17H,4-5,10-16H2,1-3H3,(H2,23,24,25);1H. The molecule has 1 saturated heterocycles. The lowest BCUT2D eigenvalue weighted by Crippen LogP contribution is -2.38. The summed E-state index contributed by atoms with van der Waals surface area (Å²) >= 11 is 0. The van der Waals surface area contributed by atoms with E-state index in [0.717, 1.165) is 36.7 Å². The van der Waals surface area contributed by atoms with Crippen LogP contribution in [0.5, 0.6) is 0 Å². The van der Waals surface area contributed by atoms with Crippen molar-refractivity contribution in [2.45, 2.75) is 26.3 Å². The molecule has 2 aromatic rings. The highest BCUT2D eigenvalue weighted by Gasteiger charge is 2.11. The first-order valence-electron chi connectivity index (χ1n) is 10.5. The highest BCUT2D eigenvalue weighted by molar-refractivity contribution is 14.0. The monoisotopic (exact) mass is 526 g/mol. The van der Waals surface area contributed by atoms with Crippen LogP contribution < -0.4 is 10.6 Å². The fraction of sp³-hybridized carbons (Fsp3) is 0.545. The second-order valence-corrected chi connectivity index (χ2v) is 7.71. The number of oxazole rings is 1. The minimum Gasteiger partial charge on any atom is -0.444 e. The van der Waals surface area contributed by atoms with Gasteiger partial charge in [-0.05, 0) is 58.6 Å². The second kappa shape index (κ2) is 12.9. The molecule has 0 atom stereocenters. The Morgan fingerprint density at radius 2 is 1.93 bits per heavy atom. The van der Waals surface area contributed by atoms with Crippen molar-refractivity contribution in [3.63, 3.8) is 0 Å². The lowest BCUT2D eigenvalue weighted by molar-refractivity contribution is 0.274. The molecule has 166 valence electrons. The van der Waals surface area contributed by atoms with Gasteiger partial charge in [0.25, 0.3) is 0 Å². The summed E-state index contributed by atoms with van der Waals surface area (Å²) in [5.41, 5.74) is 3.07. The maximum atomic E-state index is 5.62. The van der Waals surface area contributed by atoms with Crippen molar-refractivity contribution >= 4 is 29.9 Å². The molecule has 3 rings (SSSR count). The van der Waals surface area contributed by atoms with Crippen LogP contribution >= 0.6 is 24.0 Å². The number of aryl methyl sites for hydroxylation is 1. The van der Waals surface area contributed by atoms with E-state index in [-0.39, 0.29) is 24.0 Å². The molecule has 0 spiro atoms. The van der Waals surface area contributed by atoms with Crippen LogP contribution in [0, 0.1) is 6.92 Å². The average Bonchev–Trinajstić information content (AvgIpc) is 3.10. The van der Waals surface area contributed by atoms with Gasteiger partial charge in [-0.15, -0.1) is 24.0 Å². The summed E-state index contributed by atoms with van der Waals surface area (Å²) in [6.07, 6.45) is 4.06. The van der Waals surface area contributed by atoms with Crippen LogP contribution in [-0.4, -0.2) is 74.1 Å². The summed E-state index contributed by atoms with van der Waals surface area (Å²) in [6, 6.07) is 8.18. The number of halogens is 1. The summed E-state index contributed by atoms with van der Waals surface area (Å²) in [7, 11) is 4.00. The Labute approximate surface area is 197 Å². The van der Waals surface area contributed by atoms with Gasteiger partial charge in [0, 0.05) is 32.2 Å². The van der Waals surface area contributed by atoms with Crippen LogP contribution in [0.2, 0.25) is 0 Å². The smallest absolute Gasteiger partial charge is 0.226 e. The number of guanidine groups is 1. The minimum atomic E-state index is 0. The summed E-state index contributed by atoms with van der Waals surface area (Å²) in [6.45, 7) is 9.41. The number of benzene rings is 1. The van der Waals surface area contributed by atoms with Crippen LogP contribution in [0.25, 0.3) is 11.5 Å². The fourth-order valence-corrected chi connectivity index (χ4v) is 3.44. The first-order chi connectivity index (χ1) is 14.1. The molecule has 1 fully saturated rings. The Bertz CT molecular complexity index is 776. The van der Waals surface area contributed by atoms with Crippen molar-refractivity contribution < 1.29 is 4.42 Å². The third-order valence-corrected chi connectivity index (χ3v) is 5.27. The molecule has 0 bridgehead atoms. The van der Waals surface area contributed by atoms with E-state index in [1.54, 1.807) is 13.3 Å². The Balaban J connectivity index is 0.00000320. The summed E-state index contributed by atoms with van der Waals surface area (Å²) in [5.74, 6) is 1.44. The van der Waals surface area contributed by atoms with E-state index in [2.05, 4.69) is 56.5 Å². The zero-order valence-electron chi connectivity index (χ0n) is 18.4. The van der Waals surface area contributed by atoms with E-state index in [1.807, 2.05) is 12.1 Å². The normalized spacial score (nSPS) is 16.0. The van der Waals surface area contributed by atoms with Crippen LogP contribution in [0.1, 0.15) is 24.1 Å². The predicted molar refractivity (Wildman–Crippen MR) is 133 cm³/mol. The Kier molecular flexibility index (Phi) is 10.6. The first kappa shape index (κ1) is 24.6. The number of rotatable bonds is 7. The number of aromatic nitrogens is 1. The third kappa shape index (κ3) is 7.88. The number of hydrogen-bond donors (Lipinski definition) is 2. The number of nitrogens with zero attached hydrogens (tertiary/aromatic N) is 4. The summed E-state index contributed by atoms with van der Waals surface area (Å²) in [5, 5.41) is 6.70. The Morgan fingerprint density at radius 3 is 2.70 bits per heavy atom. The number of likely N-dealkylation sites (N-methyl/N-ethyl adjacent to an activating group) is 1. The maximum absolute atomic E-state index is 5.62. The van der Waals surface area contributed by atoms with Crippen LogP contribution in [0.4, 0.5) is 0 Å². The van der Waals surface area contributed by atoms with E-state index in [0.29, 0.717) is 12.4 Å². The highest BCUT2D eigenvalue weighted by Crippen LogP contribution is 2.18. The molecule has 8 heteroatoms. The van der Waals surface area contributed by atoms with E-state index in [9.17, 15) is 0 Å². The van der Waals surface area contributed by atoms with Crippen molar-refractivity contribution in [1.82, 2.24) is 25.4 Å². The zero-order chi connectivity index (χ0) is 20.5. The molecule has 1 aliphatic heterocycles. The molecular weight excluding hydrogens is 491 g/mol. The van der Waals surface area contributed by atoms with E-state index in [1.165, 1.54) is 38.2 Å². The maximum Gasteiger partial charge on any atom is 0.226 e.